The number of hydrogen-bond acceptors (Lipinski definition) is 4. The average Bonchev–Trinajstić information content (AvgIpc) is 2.72. The first kappa shape index (κ1) is 25.8. The molecule has 2 aromatic rings. The Morgan fingerprint density at radius 1 is 1.03 bits per heavy atom. The Bertz CT molecular complexity index is 805. The summed E-state index contributed by atoms with van der Waals surface area (Å²) in [6.07, 6.45) is 1.88. The molecule has 0 aliphatic carbocycles. The van der Waals surface area contributed by atoms with Crippen molar-refractivity contribution in [2.45, 2.75) is 25.9 Å². The molecule has 4 N–H and O–H groups in total. The minimum Gasteiger partial charge on any atom is -0.376 e. The van der Waals surface area contributed by atoms with Gasteiger partial charge in [0, 0.05) is 25.3 Å². The van der Waals surface area contributed by atoms with Gasteiger partial charge < -0.3 is 16.4 Å². The number of hydrogen-bond donors (Lipinski definition) is 3. The van der Waals surface area contributed by atoms with Gasteiger partial charge in [0.1, 0.15) is 0 Å². The fraction of sp³-hybridized carbons (Fsp3) is 0.364. The number of carbonyl (C=O) groups is 2. The van der Waals surface area contributed by atoms with E-state index in [2.05, 4.69) is 27.7 Å². The molecule has 0 saturated carbocycles. The maximum absolute atomic E-state index is 12.1. The molecule has 30 heavy (non-hydrogen) atoms. The number of carbonyl (C=O) groups excluding carboxylic acids is 2. The van der Waals surface area contributed by atoms with Gasteiger partial charge in [0.05, 0.1) is 12.5 Å². The highest BCUT2D eigenvalue weighted by Gasteiger charge is 2.23. The first-order chi connectivity index (χ1) is 13.6. The SMILES string of the molecule is Cl.Cl.NC(=O)C1CCCN(Cc2cccc(CNC(=O)CNc3ccccc3)c2)C1. The Labute approximate surface area is 190 Å². The van der Waals surface area contributed by atoms with E-state index in [0.717, 1.165) is 43.7 Å². The van der Waals surface area contributed by atoms with Gasteiger partial charge >= 0.3 is 0 Å². The van der Waals surface area contributed by atoms with Crippen molar-refractivity contribution in [3.63, 3.8) is 0 Å². The van der Waals surface area contributed by atoms with Crippen LogP contribution in [0.1, 0.15) is 24.0 Å². The van der Waals surface area contributed by atoms with Crippen LogP contribution in [0.15, 0.2) is 54.6 Å². The van der Waals surface area contributed by atoms with E-state index in [1.807, 2.05) is 42.5 Å². The second-order valence-corrected chi connectivity index (χ2v) is 7.29. The molecule has 6 nitrogen and oxygen atoms in total. The number of anilines is 1. The Balaban J connectivity index is 0.00000225. The van der Waals surface area contributed by atoms with Crippen molar-refractivity contribution < 1.29 is 9.59 Å². The van der Waals surface area contributed by atoms with Crippen LogP contribution in [0.5, 0.6) is 0 Å². The van der Waals surface area contributed by atoms with E-state index in [9.17, 15) is 9.59 Å². The molecule has 0 radical (unpaired) electrons. The van der Waals surface area contributed by atoms with Crippen molar-refractivity contribution in [2.24, 2.45) is 11.7 Å². The fourth-order valence-electron chi connectivity index (χ4n) is 3.53. The van der Waals surface area contributed by atoms with Crippen LogP contribution in [0, 0.1) is 5.92 Å². The molecule has 1 aliphatic heterocycles. The van der Waals surface area contributed by atoms with Crippen LogP contribution in [0.3, 0.4) is 0 Å². The number of halogens is 2. The number of amides is 2. The number of primary amides is 1. The molecule has 0 aromatic heterocycles. The van der Waals surface area contributed by atoms with Gasteiger partial charge in [-0.25, -0.2) is 0 Å². The molecular formula is C22H30Cl2N4O2. The Kier molecular flexibility index (Phi) is 11.3. The smallest absolute Gasteiger partial charge is 0.239 e. The topological polar surface area (TPSA) is 87.5 Å². The summed E-state index contributed by atoms with van der Waals surface area (Å²) in [7, 11) is 0. The summed E-state index contributed by atoms with van der Waals surface area (Å²) < 4.78 is 0. The maximum atomic E-state index is 12.1. The lowest BCUT2D eigenvalue weighted by atomic mass is 9.97. The molecule has 1 fully saturated rings. The lowest BCUT2D eigenvalue weighted by Crippen LogP contribution is -2.40. The molecule has 1 saturated heterocycles. The minimum absolute atomic E-state index is 0. The number of para-hydroxylation sites is 1. The Morgan fingerprint density at radius 3 is 2.50 bits per heavy atom. The first-order valence-electron chi connectivity index (χ1n) is 9.75. The maximum Gasteiger partial charge on any atom is 0.239 e. The molecular weight excluding hydrogens is 423 g/mol. The van der Waals surface area contributed by atoms with Gasteiger partial charge in [-0.15, -0.1) is 24.8 Å². The highest BCUT2D eigenvalue weighted by molar-refractivity contribution is 5.85. The Hall–Kier alpha value is -2.28. The highest BCUT2D eigenvalue weighted by atomic mass is 35.5. The molecule has 3 rings (SSSR count). The molecule has 164 valence electrons. The first-order valence-corrected chi connectivity index (χ1v) is 9.75. The van der Waals surface area contributed by atoms with Gasteiger partial charge in [-0.2, -0.15) is 0 Å². The minimum atomic E-state index is -0.203. The van der Waals surface area contributed by atoms with Crippen molar-refractivity contribution in [1.82, 2.24) is 10.2 Å². The van der Waals surface area contributed by atoms with Gasteiger partial charge in [-0.1, -0.05) is 42.5 Å². The zero-order valence-corrected chi connectivity index (χ0v) is 18.5. The number of nitrogens with two attached hydrogens (primary N) is 1. The summed E-state index contributed by atoms with van der Waals surface area (Å²) in [5.41, 5.74) is 8.64. The molecule has 2 amide bonds. The van der Waals surface area contributed by atoms with E-state index in [1.165, 1.54) is 5.56 Å². The van der Waals surface area contributed by atoms with E-state index in [-0.39, 0.29) is 49.1 Å². The zero-order chi connectivity index (χ0) is 19.8. The van der Waals surface area contributed by atoms with Gasteiger partial charge in [-0.3, -0.25) is 14.5 Å². The number of nitrogens with one attached hydrogen (secondary N) is 2. The predicted molar refractivity (Wildman–Crippen MR) is 125 cm³/mol. The second-order valence-electron chi connectivity index (χ2n) is 7.29. The van der Waals surface area contributed by atoms with Gasteiger partial charge in [0.15, 0.2) is 0 Å². The molecule has 2 aromatic carbocycles. The third-order valence-electron chi connectivity index (χ3n) is 5.02. The van der Waals surface area contributed by atoms with Crippen molar-refractivity contribution in [3.05, 3.63) is 65.7 Å². The van der Waals surface area contributed by atoms with Crippen molar-refractivity contribution >= 4 is 42.3 Å². The van der Waals surface area contributed by atoms with Crippen LogP contribution in [0.4, 0.5) is 5.69 Å². The lowest BCUT2D eigenvalue weighted by molar-refractivity contribution is -0.123. The van der Waals surface area contributed by atoms with E-state index < -0.39 is 0 Å². The number of piperidine rings is 1. The summed E-state index contributed by atoms with van der Waals surface area (Å²) in [6.45, 7) is 3.23. The predicted octanol–water partition coefficient (Wildman–Crippen LogP) is 2.96. The normalized spacial score (nSPS) is 15.9. The molecule has 1 atom stereocenters. The fourth-order valence-corrected chi connectivity index (χ4v) is 3.53. The highest BCUT2D eigenvalue weighted by Crippen LogP contribution is 2.18. The standard InChI is InChI=1S/C22H28N4O2.2ClH/c23-22(28)19-8-5-11-26(16-19)15-18-7-4-6-17(12-18)13-25-21(27)14-24-20-9-2-1-3-10-20;;/h1-4,6-7,9-10,12,19,24H,5,8,11,13-16H2,(H2,23,28)(H,25,27);2*1H. The number of likely N-dealkylation sites (tertiary alicyclic amines) is 1. The van der Waals surface area contributed by atoms with Crippen molar-refractivity contribution in [3.8, 4) is 0 Å². The largest absolute Gasteiger partial charge is 0.376 e. The van der Waals surface area contributed by atoms with Crippen molar-refractivity contribution in [2.75, 3.05) is 25.0 Å². The van der Waals surface area contributed by atoms with Gasteiger partial charge in [0.25, 0.3) is 0 Å². The molecule has 8 heteroatoms. The Morgan fingerprint density at radius 2 is 1.77 bits per heavy atom. The van der Waals surface area contributed by atoms with E-state index in [4.69, 9.17) is 5.73 Å². The quantitative estimate of drug-likeness (QED) is 0.574. The van der Waals surface area contributed by atoms with Crippen LogP contribution in [-0.2, 0) is 22.7 Å². The van der Waals surface area contributed by atoms with E-state index >= 15 is 0 Å². The average molecular weight is 453 g/mol. The third-order valence-corrected chi connectivity index (χ3v) is 5.02. The zero-order valence-electron chi connectivity index (χ0n) is 16.9. The van der Waals surface area contributed by atoms with Crippen LogP contribution in [0.25, 0.3) is 0 Å². The number of rotatable bonds is 8. The second kappa shape index (κ2) is 13.1. The molecule has 1 aliphatic rings. The van der Waals surface area contributed by atoms with E-state index in [0.29, 0.717) is 6.54 Å². The van der Waals surface area contributed by atoms with Crippen LogP contribution >= 0.6 is 24.8 Å². The summed E-state index contributed by atoms with van der Waals surface area (Å²) in [5.74, 6) is -0.298. The van der Waals surface area contributed by atoms with Gasteiger partial charge in [0.2, 0.25) is 11.8 Å². The summed E-state index contributed by atoms with van der Waals surface area (Å²) in [4.78, 5) is 25.8. The summed E-state index contributed by atoms with van der Waals surface area (Å²) >= 11 is 0. The van der Waals surface area contributed by atoms with Crippen LogP contribution < -0.4 is 16.4 Å². The van der Waals surface area contributed by atoms with Crippen LogP contribution in [-0.4, -0.2) is 36.3 Å². The number of benzene rings is 2. The molecule has 1 unspecified atom stereocenters. The lowest BCUT2D eigenvalue weighted by Gasteiger charge is -2.31. The van der Waals surface area contributed by atoms with Crippen LogP contribution in [0.2, 0.25) is 0 Å². The molecule has 0 bridgehead atoms. The number of nitrogens with zero attached hydrogens (tertiary/aromatic N) is 1. The molecule has 1 heterocycles. The third kappa shape index (κ3) is 8.22. The van der Waals surface area contributed by atoms with Crippen molar-refractivity contribution in [1.29, 1.82) is 0 Å². The summed E-state index contributed by atoms with van der Waals surface area (Å²) in [5, 5.41) is 6.05. The monoisotopic (exact) mass is 452 g/mol. The summed E-state index contributed by atoms with van der Waals surface area (Å²) in [6, 6.07) is 17.9. The van der Waals surface area contributed by atoms with Gasteiger partial charge in [-0.05, 0) is 42.6 Å². The van der Waals surface area contributed by atoms with E-state index in [1.54, 1.807) is 0 Å². The molecule has 0 spiro atoms.